The molecule has 19 heavy (non-hydrogen) atoms. The molecule has 1 saturated heterocycles. The van der Waals surface area contributed by atoms with Crippen LogP contribution in [0.3, 0.4) is 0 Å². The van der Waals surface area contributed by atoms with E-state index in [9.17, 15) is 12.8 Å². The SMILES string of the molecule is CCC1CCN(S(=O)(=O)c2cc(F)ccc2N)CC1. The maximum atomic E-state index is 13.2. The average molecular weight is 286 g/mol. The highest BCUT2D eigenvalue weighted by atomic mass is 32.2. The van der Waals surface area contributed by atoms with Gasteiger partial charge in [-0.05, 0) is 37.0 Å². The third kappa shape index (κ3) is 2.90. The molecule has 0 aromatic heterocycles. The second-order valence-corrected chi connectivity index (χ2v) is 6.84. The van der Waals surface area contributed by atoms with Crippen molar-refractivity contribution in [1.82, 2.24) is 4.31 Å². The van der Waals surface area contributed by atoms with E-state index in [1.807, 2.05) is 0 Å². The van der Waals surface area contributed by atoms with E-state index in [1.165, 1.54) is 10.4 Å². The van der Waals surface area contributed by atoms with Crippen LogP contribution in [0, 0.1) is 11.7 Å². The Labute approximate surface area is 113 Å². The third-order valence-corrected chi connectivity index (χ3v) is 5.70. The van der Waals surface area contributed by atoms with Crippen LogP contribution < -0.4 is 5.73 Å². The first-order valence-corrected chi connectivity index (χ1v) is 7.94. The zero-order valence-electron chi connectivity index (χ0n) is 11.0. The zero-order chi connectivity index (χ0) is 14.0. The van der Waals surface area contributed by atoms with Crippen molar-refractivity contribution in [3.63, 3.8) is 0 Å². The fourth-order valence-corrected chi connectivity index (χ4v) is 4.03. The van der Waals surface area contributed by atoms with Crippen molar-refractivity contribution in [2.75, 3.05) is 18.8 Å². The number of sulfonamides is 1. The van der Waals surface area contributed by atoms with Crippen LogP contribution in [0.25, 0.3) is 0 Å². The summed E-state index contributed by atoms with van der Waals surface area (Å²) in [7, 11) is -3.68. The maximum absolute atomic E-state index is 13.2. The predicted molar refractivity (Wildman–Crippen MR) is 72.6 cm³/mol. The molecule has 0 amide bonds. The molecule has 0 unspecified atom stereocenters. The van der Waals surface area contributed by atoms with Crippen LogP contribution in [0.15, 0.2) is 23.1 Å². The van der Waals surface area contributed by atoms with Gasteiger partial charge in [-0.25, -0.2) is 12.8 Å². The van der Waals surface area contributed by atoms with Gasteiger partial charge in [0.25, 0.3) is 0 Å². The Bertz CT molecular complexity index is 552. The van der Waals surface area contributed by atoms with Crippen molar-refractivity contribution in [1.29, 1.82) is 0 Å². The summed E-state index contributed by atoms with van der Waals surface area (Å²) < 4.78 is 39.5. The molecule has 1 aromatic rings. The largest absolute Gasteiger partial charge is 0.398 e. The summed E-state index contributed by atoms with van der Waals surface area (Å²) in [5.41, 5.74) is 5.76. The minimum atomic E-state index is -3.68. The van der Waals surface area contributed by atoms with Gasteiger partial charge in [-0.15, -0.1) is 0 Å². The van der Waals surface area contributed by atoms with Gasteiger partial charge in [0.05, 0.1) is 5.69 Å². The van der Waals surface area contributed by atoms with E-state index in [0.717, 1.165) is 31.4 Å². The molecule has 6 heteroatoms. The molecule has 0 aliphatic carbocycles. The monoisotopic (exact) mass is 286 g/mol. The first-order valence-electron chi connectivity index (χ1n) is 6.50. The lowest BCUT2D eigenvalue weighted by Crippen LogP contribution is -2.38. The molecule has 1 aromatic carbocycles. The molecule has 1 fully saturated rings. The highest BCUT2D eigenvalue weighted by molar-refractivity contribution is 7.89. The lowest BCUT2D eigenvalue weighted by atomic mass is 9.96. The minimum Gasteiger partial charge on any atom is -0.398 e. The number of hydrogen-bond donors (Lipinski definition) is 1. The molecule has 1 aliphatic heterocycles. The molecule has 0 radical (unpaired) electrons. The van der Waals surface area contributed by atoms with Crippen LogP contribution in [0.5, 0.6) is 0 Å². The van der Waals surface area contributed by atoms with Crippen LogP contribution >= 0.6 is 0 Å². The Morgan fingerprint density at radius 3 is 2.58 bits per heavy atom. The number of nitrogens with two attached hydrogens (primary N) is 1. The highest BCUT2D eigenvalue weighted by Crippen LogP contribution is 2.28. The van der Waals surface area contributed by atoms with E-state index in [2.05, 4.69) is 6.92 Å². The number of benzene rings is 1. The zero-order valence-corrected chi connectivity index (χ0v) is 11.8. The molecular formula is C13H19FN2O2S. The molecule has 106 valence electrons. The van der Waals surface area contributed by atoms with Crippen molar-refractivity contribution in [3.8, 4) is 0 Å². The van der Waals surface area contributed by atoms with Gasteiger partial charge in [0.2, 0.25) is 10.0 Å². The number of rotatable bonds is 3. The fraction of sp³-hybridized carbons (Fsp3) is 0.538. The summed E-state index contributed by atoms with van der Waals surface area (Å²) in [6, 6.07) is 3.45. The maximum Gasteiger partial charge on any atom is 0.245 e. The summed E-state index contributed by atoms with van der Waals surface area (Å²) in [5.74, 6) is -0.00692. The van der Waals surface area contributed by atoms with Crippen LogP contribution in [-0.2, 0) is 10.0 Å². The van der Waals surface area contributed by atoms with Gasteiger partial charge in [-0.3, -0.25) is 0 Å². The standard InChI is InChI=1S/C13H19FN2O2S/c1-2-10-5-7-16(8-6-10)19(17,18)13-9-11(14)3-4-12(13)15/h3-4,9-10H,2,5-8,15H2,1H3. The molecule has 2 rings (SSSR count). The van der Waals surface area contributed by atoms with Gasteiger partial charge in [0.15, 0.2) is 0 Å². The average Bonchev–Trinajstić information content (AvgIpc) is 2.41. The Morgan fingerprint density at radius 1 is 1.37 bits per heavy atom. The lowest BCUT2D eigenvalue weighted by Gasteiger charge is -2.30. The van der Waals surface area contributed by atoms with Crippen LogP contribution in [0.1, 0.15) is 26.2 Å². The van der Waals surface area contributed by atoms with E-state index in [1.54, 1.807) is 0 Å². The minimum absolute atomic E-state index is 0.0963. The number of anilines is 1. The molecule has 0 spiro atoms. The Morgan fingerprint density at radius 2 is 2.00 bits per heavy atom. The normalized spacial score (nSPS) is 18.6. The van der Waals surface area contributed by atoms with Crippen molar-refractivity contribution in [2.24, 2.45) is 5.92 Å². The summed E-state index contributed by atoms with van der Waals surface area (Å²) in [6.45, 7) is 3.08. The number of halogens is 1. The summed E-state index contributed by atoms with van der Waals surface area (Å²) in [6.07, 6.45) is 2.77. The predicted octanol–water partition coefficient (Wildman–Crippen LogP) is 2.22. The molecule has 1 heterocycles. The Kier molecular flexibility index (Phi) is 4.10. The lowest BCUT2D eigenvalue weighted by molar-refractivity contribution is 0.269. The van der Waals surface area contributed by atoms with Gasteiger partial charge in [-0.1, -0.05) is 13.3 Å². The highest BCUT2D eigenvalue weighted by Gasteiger charge is 2.30. The Balaban J connectivity index is 2.26. The van der Waals surface area contributed by atoms with Crippen molar-refractivity contribution in [2.45, 2.75) is 31.1 Å². The topological polar surface area (TPSA) is 63.4 Å². The second-order valence-electron chi connectivity index (χ2n) is 4.94. The smallest absolute Gasteiger partial charge is 0.245 e. The molecule has 4 nitrogen and oxygen atoms in total. The van der Waals surface area contributed by atoms with Crippen LogP contribution in [0.2, 0.25) is 0 Å². The van der Waals surface area contributed by atoms with E-state index in [4.69, 9.17) is 5.73 Å². The molecule has 0 atom stereocenters. The number of nitrogen functional groups attached to an aromatic ring is 1. The molecular weight excluding hydrogens is 267 g/mol. The van der Waals surface area contributed by atoms with E-state index in [0.29, 0.717) is 19.0 Å². The van der Waals surface area contributed by atoms with Crippen molar-refractivity contribution < 1.29 is 12.8 Å². The number of hydrogen-bond acceptors (Lipinski definition) is 3. The summed E-state index contributed by atoms with van der Waals surface area (Å²) >= 11 is 0. The van der Waals surface area contributed by atoms with E-state index in [-0.39, 0.29) is 10.6 Å². The molecule has 2 N–H and O–H groups in total. The van der Waals surface area contributed by atoms with Gasteiger partial charge in [0.1, 0.15) is 10.7 Å². The first kappa shape index (κ1) is 14.3. The molecule has 0 bridgehead atoms. The third-order valence-electron chi connectivity index (χ3n) is 3.74. The van der Waals surface area contributed by atoms with Crippen LogP contribution in [0.4, 0.5) is 10.1 Å². The summed E-state index contributed by atoms with van der Waals surface area (Å²) in [4.78, 5) is -0.123. The van der Waals surface area contributed by atoms with Crippen molar-refractivity contribution in [3.05, 3.63) is 24.0 Å². The molecule has 0 saturated carbocycles. The molecule has 1 aliphatic rings. The fourth-order valence-electron chi connectivity index (χ4n) is 2.43. The second kappa shape index (κ2) is 5.46. The van der Waals surface area contributed by atoms with Crippen molar-refractivity contribution >= 4 is 15.7 Å². The van der Waals surface area contributed by atoms with Gasteiger partial charge < -0.3 is 5.73 Å². The summed E-state index contributed by atoms with van der Waals surface area (Å²) in [5, 5.41) is 0. The first-order chi connectivity index (χ1) is 8.95. The number of nitrogens with zero attached hydrogens (tertiary/aromatic N) is 1. The van der Waals surface area contributed by atoms with E-state index < -0.39 is 15.8 Å². The van der Waals surface area contributed by atoms with Crippen LogP contribution in [-0.4, -0.2) is 25.8 Å². The van der Waals surface area contributed by atoms with Gasteiger partial charge in [-0.2, -0.15) is 4.31 Å². The van der Waals surface area contributed by atoms with Gasteiger partial charge in [0, 0.05) is 13.1 Å². The number of piperidine rings is 1. The quantitative estimate of drug-likeness (QED) is 0.867. The Hall–Kier alpha value is -1.14. The van der Waals surface area contributed by atoms with Gasteiger partial charge >= 0.3 is 0 Å². The van der Waals surface area contributed by atoms with E-state index >= 15 is 0 Å².